The zero-order valence-corrected chi connectivity index (χ0v) is 16.7. The minimum atomic E-state index is -1.21. The van der Waals surface area contributed by atoms with Gasteiger partial charge in [-0.1, -0.05) is 91.0 Å². The van der Waals surface area contributed by atoms with E-state index in [0.717, 1.165) is 24.0 Å². The summed E-state index contributed by atoms with van der Waals surface area (Å²) >= 11 is 0. The summed E-state index contributed by atoms with van der Waals surface area (Å²) in [6, 6.07) is 22.2. The van der Waals surface area contributed by atoms with Crippen molar-refractivity contribution in [2.24, 2.45) is 0 Å². The van der Waals surface area contributed by atoms with Crippen LogP contribution in [0.25, 0.3) is 12.2 Å². The minimum absolute atomic E-state index is 0.0362. The first-order chi connectivity index (χ1) is 14.2. The summed E-state index contributed by atoms with van der Waals surface area (Å²) in [4.78, 5) is 0. The van der Waals surface area contributed by atoms with Crippen LogP contribution in [0.4, 0.5) is 8.78 Å². The highest BCUT2D eigenvalue weighted by molar-refractivity contribution is 5.69. The quantitative estimate of drug-likeness (QED) is 0.273. The smallest absolute Gasteiger partial charge is 0.129 e. The number of aryl methyl sites for hydroxylation is 1. The van der Waals surface area contributed by atoms with Gasteiger partial charge in [0.2, 0.25) is 0 Å². The molecule has 0 amide bonds. The van der Waals surface area contributed by atoms with Crippen LogP contribution in [-0.2, 0) is 12.8 Å². The van der Waals surface area contributed by atoms with E-state index >= 15 is 0 Å². The van der Waals surface area contributed by atoms with Crippen molar-refractivity contribution >= 4 is 12.2 Å². The van der Waals surface area contributed by atoms with Crippen molar-refractivity contribution in [2.75, 3.05) is 0 Å². The predicted octanol–water partition coefficient (Wildman–Crippen LogP) is 7.76. The van der Waals surface area contributed by atoms with Crippen molar-refractivity contribution in [1.29, 1.82) is 0 Å². The Morgan fingerprint density at radius 1 is 0.862 bits per heavy atom. The Hall–Kier alpha value is -3.00. The Kier molecular flexibility index (Phi) is 7.52. The first-order valence-electron chi connectivity index (χ1n) is 10.0. The van der Waals surface area contributed by atoms with Gasteiger partial charge in [-0.25, -0.2) is 8.78 Å². The molecule has 3 aromatic rings. The van der Waals surface area contributed by atoms with Gasteiger partial charge in [0.1, 0.15) is 12.0 Å². The Morgan fingerprint density at radius 3 is 2.24 bits per heavy atom. The molecule has 3 rings (SSSR count). The molecule has 0 aliphatic carbocycles. The van der Waals surface area contributed by atoms with Crippen molar-refractivity contribution in [3.8, 4) is 0 Å². The molecule has 0 saturated carbocycles. The lowest BCUT2D eigenvalue weighted by molar-refractivity contribution is 0.338. The van der Waals surface area contributed by atoms with E-state index in [0.29, 0.717) is 11.1 Å². The average Bonchev–Trinajstić information content (AvgIpc) is 2.75. The fraction of sp³-hybridized carbons (Fsp3) is 0.185. The van der Waals surface area contributed by atoms with Gasteiger partial charge >= 0.3 is 0 Å². The van der Waals surface area contributed by atoms with Crippen LogP contribution >= 0.6 is 0 Å². The average molecular weight is 389 g/mol. The summed E-state index contributed by atoms with van der Waals surface area (Å²) in [5.41, 5.74) is 4.10. The van der Waals surface area contributed by atoms with E-state index in [9.17, 15) is 8.78 Å². The first kappa shape index (κ1) is 20.7. The number of hydrogen-bond acceptors (Lipinski definition) is 0. The van der Waals surface area contributed by atoms with Gasteiger partial charge in [0.15, 0.2) is 0 Å². The number of allylic oxidation sites excluding steroid dienone is 2. The second-order valence-electron chi connectivity index (χ2n) is 7.12. The lowest BCUT2D eigenvalue weighted by Crippen LogP contribution is -1.99. The summed E-state index contributed by atoms with van der Waals surface area (Å²) in [5, 5.41) is 0. The first-order valence-corrected chi connectivity index (χ1v) is 10.0. The highest BCUT2D eigenvalue weighted by atomic mass is 19.1. The van der Waals surface area contributed by atoms with E-state index in [1.54, 1.807) is 30.3 Å². The van der Waals surface area contributed by atoms with E-state index < -0.39 is 6.17 Å². The lowest BCUT2D eigenvalue weighted by atomic mass is 10.0. The number of benzene rings is 3. The van der Waals surface area contributed by atoms with Gasteiger partial charge < -0.3 is 0 Å². The van der Waals surface area contributed by atoms with Crippen molar-refractivity contribution in [2.45, 2.75) is 32.4 Å². The molecule has 0 N–H and O–H groups in total. The largest absolute Gasteiger partial charge is 0.242 e. The molecule has 0 bridgehead atoms. The molecule has 0 heterocycles. The van der Waals surface area contributed by atoms with E-state index in [2.05, 4.69) is 36.4 Å². The fourth-order valence-corrected chi connectivity index (χ4v) is 3.21. The van der Waals surface area contributed by atoms with E-state index in [-0.39, 0.29) is 12.2 Å². The topological polar surface area (TPSA) is 0 Å². The molecule has 0 nitrogen and oxygen atoms in total. The molecule has 2 heteroatoms. The van der Waals surface area contributed by atoms with Crippen LogP contribution < -0.4 is 0 Å². The van der Waals surface area contributed by atoms with Crippen LogP contribution in [0.2, 0.25) is 0 Å². The second-order valence-corrected chi connectivity index (χ2v) is 7.12. The molecule has 0 unspecified atom stereocenters. The van der Waals surface area contributed by atoms with Gasteiger partial charge in [0.25, 0.3) is 0 Å². The van der Waals surface area contributed by atoms with Crippen molar-refractivity contribution < 1.29 is 8.78 Å². The normalized spacial score (nSPS) is 12.7. The Balaban J connectivity index is 1.62. The third-order valence-corrected chi connectivity index (χ3v) is 4.92. The minimum Gasteiger partial charge on any atom is -0.242 e. The van der Waals surface area contributed by atoms with Crippen molar-refractivity contribution in [1.82, 2.24) is 0 Å². The zero-order chi connectivity index (χ0) is 20.5. The molecule has 1 atom stereocenters. The van der Waals surface area contributed by atoms with Gasteiger partial charge in [0.05, 0.1) is 0 Å². The van der Waals surface area contributed by atoms with E-state index in [4.69, 9.17) is 0 Å². The van der Waals surface area contributed by atoms with Crippen LogP contribution in [0, 0.1) is 5.82 Å². The highest BCUT2D eigenvalue weighted by Crippen LogP contribution is 2.24. The number of rotatable bonds is 8. The van der Waals surface area contributed by atoms with Crippen LogP contribution in [0.5, 0.6) is 0 Å². The van der Waals surface area contributed by atoms with E-state index in [1.165, 1.54) is 11.6 Å². The van der Waals surface area contributed by atoms with Gasteiger partial charge in [-0.3, -0.25) is 0 Å². The van der Waals surface area contributed by atoms with E-state index in [1.807, 2.05) is 31.2 Å². The molecule has 29 heavy (non-hydrogen) atoms. The monoisotopic (exact) mass is 388 g/mol. The third kappa shape index (κ3) is 6.25. The summed E-state index contributed by atoms with van der Waals surface area (Å²) in [6.45, 7) is 2.03. The Morgan fingerprint density at radius 2 is 1.55 bits per heavy atom. The molecule has 0 aliphatic rings. The summed E-state index contributed by atoms with van der Waals surface area (Å²) in [6.07, 6.45) is 8.97. The Labute approximate surface area is 172 Å². The number of hydrogen-bond donors (Lipinski definition) is 0. The van der Waals surface area contributed by atoms with Gasteiger partial charge in [-0.15, -0.1) is 0 Å². The van der Waals surface area contributed by atoms with Gasteiger partial charge in [-0.05, 0) is 53.6 Å². The summed E-state index contributed by atoms with van der Waals surface area (Å²) in [5.74, 6) is -0.370. The van der Waals surface area contributed by atoms with Crippen LogP contribution in [0.3, 0.4) is 0 Å². The molecule has 0 fully saturated rings. The fourth-order valence-electron chi connectivity index (χ4n) is 3.21. The van der Waals surface area contributed by atoms with Gasteiger partial charge in [0, 0.05) is 6.42 Å². The number of alkyl halides is 1. The molecular weight excluding hydrogens is 362 g/mol. The van der Waals surface area contributed by atoms with Crippen molar-refractivity contribution in [3.05, 3.63) is 119 Å². The van der Waals surface area contributed by atoms with Gasteiger partial charge in [-0.2, -0.15) is 0 Å². The molecular formula is C27H26F2. The van der Waals surface area contributed by atoms with Crippen LogP contribution in [0.15, 0.2) is 84.9 Å². The maximum absolute atomic E-state index is 14.4. The third-order valence-electron chi connectivity index (χ3n) is 4.92. The molecule has 0 spiro atoms. The maximum Gasteiger partial charge on any atom is 0.129 e. The molecule has 0 aromatic heterocycles. The molecule has 3 aromatic carbocycles. The summed E-state index contributed by atoms with van der Waals surface area (Å²) < 4.78 is 28.9. The maximum atomic E-state index is 14.4. The second kappa shape index (κ2) is 10.5. The molecule has 148 valence electrons. The standard InChI is InChI=1S/C27H26F2/c1-2-3-5-8-21-11-13-22(14-12-21)15-16-23-17-18-25(26(28)19-23)20-27(29)24-9-6-4-7-10-24/h2-4,6-7,9-19,27H,5,8,20H2,1H3/t27-/m1/s1. The molecule has 0 saturated heterocycles. The van der Waals surface area contributed by atoms with Crippen LogP contribution in [-0.4, -0.2) is 0 Å². The SMILES string of the molecule is CC=CCCc1ccc(C=Cc2ccc(C[C@@H](F)c3ccccc3)c(F)c2)cc1. The zero-order valence-electron chi connectivity index (χ0n) is 16.7. The predicted molar refractivity (Wildman–Crippen MR) is 119 cm³/mol. The van der Waals surface area contributed by atoms with Crippen LogP contribution in [0.1, 0.15) is 47.3 Å². The number of halogens is 2. The summed E-state index contributed by atoms with van der Waals surface area (Å²) in [7, 11) is 0. The Bertz CT molecular complexity index is 954. The highest BCUT2D eigenvalue weighted by Gasteiger charge is 2.13. The lowest BCUT2D eigenvalue weighted by Gasteiger charge is -2.10. The molecule has 0 radical (unpaired) electrons. The van der Waals surface area contributed by atoms with Crippen molar-refractivity contribution in [3.63, 3.8) is 0 Å². The molecule has 0 aliphatic heterocycles.